The molecule has 0 spiro atoms. The molecule has 1 aromatic carbocycles. The Bertz CT molecular complexity index is 646. The van der Waals surface area contributed by atoms with E-state index in [1.807, 2.05) is 56.6 Å². The van der Waals surface area contributed by atoms with Crippen molar-refractivity contribution in [2.45, 2.75) is 25.4 Å². The molecule has 0 unspecified atom stereocenters. The summed E-state index contributed by atoms with van der Waals surface area (Å²) in [7, 11) is 5.81. The average molecular weight is 408 g/mol. The molecule has 28 heavy (non-hydrogen) atoms. The Hall–Kier alpha value is -1.73. The molecule has 1 aromatic rings. The van der Waals surface area contributed by atoms with Crippen LogP contribution in [0.15, 0.2) is 24.3 Å². The normalized spacial score (nSPS) is 15.0. The molecule has 2 amide bonds. The van der Waals surface area contributed by atoms with Crippen LogP contribution in [-0.2, 0) is 4.79 Å². The van der Waals surface area contributed by atoms with Crippen LogP contribution in [0.2, 0.25) is 0 Å². The third-order valence-corrected chi connectivity index (χ3v) is 5.54. The fraction of sp³-hybridized carbons (Fsp3) is 0.619. The number of likely N-dealkylation sites (tertiary alicyclic amines) is 1. The van der Waals surface area contributed by atoms with Crippen molar-refractivity contribution in [3.8, 4) is 5.75 Å². The maximum atomic E-state index is 12.6. The Morgan fingerprint density at radius 1 is 1.18 bits per heavy atom. The highest BCUT2D eigenvalue weighted by atomic mass is 32.2. The Kier molecular flexibility index (Phi) is 9.12. The van der Waals surface area contributed by atoms with E-state index in [1.165, 1.54) is 0 Å². The van der Waals surface area contributed by atoms with Gasteiger partial charge in [0.15, 0.2) is 0 Å². The maximum Gasteiger partial charge on any atom is 0.253 e. The SMILES string of the molecule is CSCCC(=O)N1CCC(Oc2cccc(C(=O)N(C)CCN(C)C)c2)CC1. The maximum absolute atomic E-state index is 12.6. The molecule has 0 saturated carbocycles. The summed E-state index contributed by atoms with van der Waals surface area (Å²) >= 11 is 1.70. The topological polar surface area (TPSA) is 53.1 Å². The van der Waals surface area contributed by atoms with Crippen molar-refractivity contribution in [2.24, 2.45) is 0 Å². The number of benzene rings is 1. The lowest BCUT2D eigenvalue weighted by atomic mass is 10.1. The van der Waals surface area contributed by atoms with Crippen LogP contribution >= 0.6 is 11.8 Å². The average Bonchev–Trinajstić information content (AvgIpc) is 2.70. The van der Waals surface area contributed by atoms with Gasteiger partial charge in [-0.1, -0.05) is 6.07 Å². The number of nitrogens with zero attached hydrogens (tertiary/aromatic N) is 3. The van der Waals surface area contributed by atoms with Gasteiger partial charge in [-0.05, 0) is 38.6 Å². The molecule has 2 rings (SSSR count). The lowest BCUT2D eigenvalue weighted by Gasteiger charge is -2.32. The van der Waals surface area contributed by atoms with Gasteiger partial charge >= 0.3 is 0 Å². The minimum atomic E-state index is 0.00140. The zero-order valence-corrected chi connectivity index (χ0v) is 18.3. The Morgan fingerprint density at radius 2 is 1.89 bits per heavy atom. The molecule has 0 atom stereocenters. The second-order valence-corrected chi connectivity index (χ2v) is 8.48. The number of ether oxygens (including phenoxy) is 1. The van der Waals surface area contributed by atoms with Gasteiger partial charge in [0, 0.05) is 63.8 Å². The molecule has 1 aliphatic rings. The zero-order chi connectivity index (χ0) is 20.5. The summed E-state index contributed by atoms with van der Waals surface area (Å²) in [6.07, 6.45) is 4.36. The van der Waals surface area contributed by atoms with Gasteiger partial charge in [0.2, 0.25) is 5.91 Å². The highest BCUT2D eigenvalue weighted by Gasteiger charge is 2.24. The van der Waals surface area contributed by atoms with Crippen molar-refractivity contribution in [3.63, 3.8) is 0 Å². The predicted octanol–water partition coefficient (Wildman–Crippen LogP) is 2.44. The number of hydrogen-bond donors (Lipinski definition) is 0. The lowest BCUT2D eigenvalue weighted by Crippen LogP contribution is -2.41. The molecular weight excluding hydrogens is 374 g/mol. The highest BCUT2D eigenvalue weighted by Crippen LogP contribution is 2.21. The highest BCUT2D eigenvalue weighted by molar-refractivity contribution is 7.98. The lowest BCUT2D eigenvalue weighted by molar-refractivity contribution is -0.132. The fourth-order valence-corrected chi connectivity index (χ4v) is 3.52. The first kappa shape index (κ1) is 22.6. The molecule has 1 saturated heterocycles. The van der Waals surface area contributed by atoms with Crippen LogP contribution in [-0.4, -0.2) is 91.9 Å². The third kappa shape index (κ3) is 7.02. The van der Waals surface area contributed by atoms with Gasteiger partial charge in [0.25, 0.3) is 5.91 Å². The molecule has 0 bridgehead atoms. The summed E-state index contributed by atoms with van der Waals surface area (Å²) in [5.41, 5.74) is 0.642. The summed E-state index contributed by atoms with van der Waals surface area (Å²) in [5.74, 6) is 1.83. The number of amides is 2. The van der Waals surface area contributed by atoms with Crippen molar-refractivity contribution in [3.05, 3.63) is 29.8 Å². The van der Waals surface area contributed by atoms with Crippen LogP contribution in [0.3, 0.4) is 0 Å². The largest absolute Gasteiger partial charge is 0.490 e. The summed E-state index contributed by atoms with van der Waals surface area (Å²) in [6.45, 7) is 2.99. The van der Waals surface area contributed by atoms with Gasteiger partial charge < -0.3 is 19.4 Å². The van der Waals surface area contributed by atoms with E-state index in [0.29, 0.717) is 18.5 Å². The van der Waals surface area contributed by atoms with Crippen LogP contribution < -0.4 is 4.74 Å². The molecule has 6 nitrogen and oxygen atoms in total. The molecule has 0 N–H and O–H groups in total. The zero-order valence-electron chi connectivity index (χ0n) is 17.5. The third-order valence-electron chi connectivity index (χ3n) is 4.93. The van der Waals surface area contributed by atoms with E-state index in [1.54, 1.807) is 16.7 Å². The first-order valence-electron chi connectivity index (χ1n) is 9.84. The van der Waals surface area contributed by atoms with Gasteiger partial charge in [-0.3, -0.25) is 9.59 Å². The minimum absolute atomic E-state index is 0.00140. The van der Waals surface area contributed by atoms with Crippen LogP contribution in [0.1, 0.15) is 29.6 Å². The standard InChI is InChI=1S/C21H33N3O3S/c1-22(2)13-14-23(3)21(26)17-6-5-7-19(16-17)27-18-8-11-24(12-9-18)20(25)10-15-28-4/h5-7,16,18H,8-15H2,1-4H3. The van der Waals surface area contributed by atoms with Gasteiger partial charge in [0.1, 0.15) is 11.9 Å². The van der Waals surface area contributed by atoms with Crippen molar-refractivity contribution < 1.29 is 14.3 Å². The van der Waals surface area contributed by atoms with Gasteiger partial charge in [-0.15, -0.1) is 0 Å². The van der Waals surface area contributed by atoms with E-state index in [2.05, 4.69) is 4.90 Å². The molecule has 0 aromatic heterocycles. The molecular formula is C21H33N3O3S. The fourth-order valence-electron chi connectivity index (χ4n) is 3.14. The number of rotatable bonds is 9. The van der Waals surface area contributed by atoms with E-state index in [-0.39, 0.29) is 17.9 Å². The van der Waals surface area contributed by atoms with Crippen LogP contribution in [0.25, 0.3) is 0 Å². The quantitative estimate of drug-likeness (QED) is 0.629. The molecule has 7 heteroatoms. The van der Waals surface area contributed by atoms with E-state index in [0.717, 1.165) is 44.0 Å². The first-order valence-corrected chi connectivity index (χ1v) is 11.2. The van der Waals surface area contributed by atoms with Crippen molar-refractivity contribution in [2.75, 3.05) is 59.3 Å². The Labute approximate surface area is 173 Å². The smallest absolute Gasteiger partial charge is 0.253 e. The molecule has 1 fully saturated rings. The summed E-state index contributed by atoms with van der Waals surface area (Å²) < 4.78 is 6.11. The van der Waals surface area contributed by atoms with E-state index < -0.39 is 0 Å². The molecule has 1 heterocycles. The van der Waals surface area contributed by atoms with E-state index in [4.69, 9.17) is 4.74 Å². The molecule has 0 radical (unpaired) electrons. The van der Waals surface area contributed by atoms with Crippen molar-refractivity contribution >= 4 is 23.6 Å². The Morgan fingerprint density at radius 3 is 2.54 bits per heavy atom. The molecule has 1 aliphatic heterocycles. The number of carbonyl (C=O) groups excluding carboxylic acids is 2. The summed E-state index contributed by atoms with van der Waals surface area (Å²) in [4.78, 5) is 30.5. The molecule has 0 aliphatic carbocycles. The van der Waals surface area contributed by atoms with Crippen LogP contribution in [0.4, 0.5) is 0 Å². The van der Waals surface area contributed by atoms with Crippen LogP contribution in [0.5, 0.6) is 5.75 Å². The number of thioether (sulfide) groups is 1. The predicted molar refractivity (Wildman–Crippen MR) is 115 cm³/mol. The number of piperidine rings is 1. The number of likely N-dealkylation sites (N-methyl/N-ethyl adjacent to an activating group) is 2. The monoisotopic (exact) mass is 407 g/mol. The second-order valence-electron chi connectivity index (χ2n) is 7.50. The van der Waals surface area contributed by atoms with Gasteiger partial charge in [-0.2, -0.15) is 11.8 Å². The number of carbonyl (C=O) groups is 2. The number of hydrogen-bond acceptors (Lipinski definition) is 5. The molecule has 156 valence electrons. The summed E-state index contributed by atoms with van der Waals surface area (Å²) in [6, 6.07) is 7.41. The minimum Gasteiger partial charge on any atom is -0.490 e. The van der Waals surface area contributed by atoms with Crippen molar-refractivity contribution in [1.29, 1.82) is 0 Å². The Balaban J connectivity index is 1.86. The second kappa shape index (κ2) is 11.3. The van der Waals surface area contributed by atoms with Gasteiger partial charge in [0.05, 0.1) is 0 Å². The first-order chi connectivity index (χ1) is 13.4. The van der Waals surface area contributed by atoms with Crippen LogP contribution in [0, 0.1) is 0 Å². The summed E-state index contributed by atoms with van der Waals surface area (Å²) in [5, 5.41) is 0. The van der Waals surface area contributed by atoms with E-state index >= 15 is 0 Å². The van der Waals surface area contributed by atoms with E-state index in [9.17, 15) is 9.59 Å². The van der Waals surface area contributed by atoms with Crippen molar-refractivity contribution in [1.82, 2.24) is 14.7 Å². The van der Waals surface area contributed by atoms with Gasteiger partial charge in [-0.25, -0.2) is 0 Å².